The number of thiazole rings is 1. The molecule has 6 heteroatoms. The second-order valence-corrected chi connectivity index (χ2v) is 7.10. The first-order valence-electron chi connectivity index (χ1n) is 8.16. The number of carbonyl (C=O) groups excluding carboxylic acids is 2. The van der Waals surface area contributed by atoms with Crippen LogP contribution >= 0.6 is 11.3 Å². The lowest BCUT2D eigenvalue weighted by molar-refractivity contribution is 0.0972. The van der Waals surface area contributed by atoms with Crippen LogP contribution in [-0.4, -0.2) is 23.3 Å². The Labute approximate surface area is 145 Å². The number of nitrogens with zero attached hydrogens (tertiary/aromatic N) is 1. The van der Waals surface area contributed by atoms with Crippen molar-refractivity contribution in [1.29, 1.82) is 0 Å². The number of anilines is 1. The fraction of sp³-hybridized carbons (Fsp3) is 0.389. The lowest BCUT2D eigenvalue weighted by Gasteiger charge is -2.16. The Kier molecular flexibility index (Phi) is 4.94. The molecule has 0 saturated carbocycles. The van der Waals surface area contributed by atoms with Crippen LogP contribution in [0.1, 0.15) is 52.3 Å². The molecule has 2 amide bonds. The quantitative estimate of drug-likeness (QED) is 0.884. The van der Waals surface area contributed by atoms with Crippen LogP contribution in [0, 0.1) is 6.92 Å². The molecular formula is C18H21N3O2S. The van der Waals surface area contributed by atoms with Crippen molar-refractivity contribution in [3.05, 3.63) is 45.4 Å². The highest BCUT2D eigenvalue weighted by Crippen LogP contribution is 2.24. The van der Waals surface area contributed by atoms with E-state index < -0.39 is 0 Å². The molecule has 0 unspecified atom stereocenters. The number of hydrogen-bond acceptors (Lipinski definition) is 4. The standard InChI is InChI=1S/C18H21N3O2S/c1-11(17-20-12(2)10-24-17)9-19-18(23)21-14-7-6-13-4-3-5-16(22)15(13)8-14/h6-8,10-11H,3-5,9H2,1-2H3,(H2,19,21,23)/t11-/m1/s1. The molecule has 0 saturated heterocycles. The third-order valence-electron chi connectivity index (χ3n) is 4.15. The van der Waals surface area contributed by atoms with Crippen LogP contribution < -0.4 is 10.6 Å². The van der Waals surface area contributed by atoms with Gasteiger partial charge in [-0.3, -0.25) is 4.79 Å². The zero-order valence-electron chi connectivity index (χ0n) is 13.9. The van der Waals surface area contributed by atoms with E-state index in [1.54, 1.807) is 17.4 Å². The van der Waals surface area contributed by atoms with Crippen LogP contribution in [0.25, 0.3) is 0 Å². The summed E-state index contributed by atoms with van der Waals surface area (Å²) in [6, 6.07) is 5.30. The monoisotopic (exact) mass is 343 g/mol. The van der Waals surface area contributed by atoms with Crippen molar-refractivity contribution in [3.8, 4) is 0 Å². The van der Waals surface area contributed by atoms with Crippen LogP contribution in [0.5, 0.6) is 0 Å². The van der Waals surface area contributed by atoms with Gasteiger partial charge in [-0.2, -0.15) is 0 Å². The van der Waals surface area contributed by atoms with E-state index >= 15 is 0 Å². The molecule has 2 N–H and O–H groups in total. The number of Topliss-reactive ketones (excluding diaryl/α,β-unsaturated/α-hetero) is 1. The first-order valence-corrected chi connectivity index (χ1v) is 9.04. The molecule has 24 heavy (non-hydrogen) atoms. The number of ketones is 1. The van der Waals surface area contributed by atoms with Gasteiger partial charge in [-0.1, -0.05) is 13.0 Å². The van der Waals surface area contributed by atoms with Gasteiger partial charge in [0.1, 0.15) is 0 Å². The van der Waals surface area contributed by atoms with Gasteiger partial charge >= 0.3 is 6.03 Å². The van der Waals surface area contributed by atoms with Crippen molar-refractivity contribution < 1.29 is 9.59 Å². The number of fused-ring (bicyclic) bond motifs is 1. The van der Waals surface area contributed by atoms with E-state index in [2.05, 4.69) is 15.6 Å². The second-order valence-electron chi connectivity index (χ2n) is 6.21. The Morgan fingerprint density at radius 2 is 2.21 bits per heavy atom. The van der Waals surface area contributed by atoms with Crippen molar-refractivity contribution in [3.63, 3.8) is 0 Å². The number of hydrogen-bond donors (Lipinski definition) is 2. The van der Waals surface area contributed by atoms with Gasteiger partial charge in [0.05, 0.1) is 5.01 Å². The van der Waals surface area contributed by atoms with E-state index in [9.17, 15) is 9.59 Å². The van der Waals surface area contributed by atoms with E-state index in [4.69, 9.17) is 0 Å². The maximum absolute atomic E-state index is 12.1. The Morgan fingerprint density at radius 3 is 2.96 bits per heavy atom. The first-order chi connectivity index (χ1) is 11.5. The second kappa shape index (κ2) is 7.13. The van der Waals surface area contributed by atoms with Crippen molar-refractivity contribution in [2.75, 3.05) is 11.9 Å². The van der Waals surface area contributed by atoms with Crippen LogP contribution in [0.2, 0.25) is 0 Å². The maximum Gasteiger partial charge on any atom is 0.319 e. The molecule has 0 radical (unpaired) electrons. The average Bonchev–Trinajstić information content (AvgIpc) is 3.00. The highest BCUT2D eigenvalue weighted by Gasteiger charge is 2.18. The summed E-state index contributed by atoms with van der Waals surface area (Å²) in [6.07, 6.45) is 2.43. The summed E-state index contributed by atoms with van der Waals surface area (Å²) < 4.78 is 0. The summed E-state index contributed by atoms with van der Waals surface area (Å²) in [7, 11) is 0. The molecule has 1 aliphatic rings. The predicted molar refractivity (Wildman–Crippen MR) is 96.0 cm³/mol. The smallest absolute Gasteiger partial charge is 0.319 e. The highest BCUT2D eigenvalue weighted by atomic mass is 32.1. The van der Waals surface area contributed by atoms with E-state index in [1.165, 1.54) is 0 Å². The van der Waals surface area contributed by atoms with Gasteiger partial charge in [0.2, 0.25) is 0 Å². The minimum absolute atomic E-state index is 0.160. The van der Waals surface area contributed by atoms with Crippen LogP contribution in [-0.2, 0) is 6.42 Å². The third kappa shape index (κ3) is 3.82. The van der Waals surface area contributed by atoms with Crippen LogP contribution in [0.3, 0.4) is 0 Å². The number of nitrogens with one attached hydrogen (secondary N) is 2. The Morgan fingerprint density at radius 1 is 1.38 bits per heavy atom. The normalized spacial score (nSPS) is 14.8. The number of rotatable bonds is 4. The van der Waals surface area contributed by atoms with Crippen molar-refractivity contribution in [1.82, 2.24) is 10.3 Å². The number of amides is 2. The molecule has 126 valence electrons. The number of benzene rings is 1. The maximum atomic E-state index is 12.1. The summed E-state index contributed by atoms with van der Waals surface area (Å²) in [5.74, 6) is 0.327. The third-order valence-corrected chi connectivity index (χ3v) is 5.34. The van der Waals surface area contributed by atoms with E-state index in [1.807, 2.05) is 31.4 Å². The lowest BCUT2D eigenvalue weighted by atomic mass is 9.90. The molecule has 5 nitrogen and oxygen atoms in total. The van der Waals surface area contributed by atoms with Gasteiger partial charge in [0.15, 0.2) is 5.78 Å². The Balaban J connectivity index is 1.57. The first kappa shape index (κ1) is 16.6. The molecule has 1 aliphatic carbocycles. The van der Waals surface area contributed by atoms with Crippen LogP contribution in [0.15, 0.2) is 23.6 Å². The number of urea groups is 1. The highest BCUT2D eigenvalue weighted by molar-refractivity contribution is 7.09. The fourth-order valence-electron chi connectivity index (χ4n) is 2.81. The van der Waals surface area contributed by atoms with Gasteiger partial charge in [-0.15, -0.1) is 11.3 Å². The van der Waals surface area contributed by atoms with Crippen LogP contribution in [0.4, 0.5) is 10.5 Å². The number of carbonyl (C=O) groups is 2. The molecule has 0 fully saturated rings. The van der Waals surface area contributed by atoms with Gasteiger partial charge < -0.3 is 10.6 Å². The van der Waals surface area contributed by atoms with Crippen molar-refractivity contribution in [2.24, 2.45) is 0 Å². The number of aryl methyl sites for hydroxylation is 2. The molecular weight excluding hydrogens is 322 g/mol. The summed E-state index contributed by atoms with van der Waals surface area (Å²) in [5.41, 5.74) is 3.47. The predicted octanol–water partition coefficient (Wildman–Crippen LogP) is 3.90. The molecule has 0 aliphatic heterocycles. The minimum atomic E-state index is -0.265. The molecule has 1 atom stereocenters. The van der Waals surface area contributed by atoms with Gasteiger partial charge in [-0.05, 0) is 37.5 Å². The topological polar surface area (TPSA) is 71.1 Å². The average molecular weight is 343 g/mol. The molecule has 1 aromatic carbocycles. The van der Waals surface area contributed by atoms with Gasteiger partial charge in [0.25, 0.3) is 0 Å². The zero-order valence-corrected chi connectivity index (χ0v) is 14.7. The summed E-state index contributed by atoms with van der Waals surface area (Å²) >= 11 is 1.61. The van der Waals surface area contributed by atoms with E-state index in [-0.39, 0.29) is 17.7 Å². The van der Waals surface area contributed by atoms with E-state index in [0.717, 1.165) is 34.7 Å². The molecule has 0 spiro atoms. The molecule has 1 heterocycles. The van der Waals surface area contributed by atoms with Gasteiger partial charge in [0, 0.05) is 41.2 Å². The molecule has 2 aromatic rings. The zero-order chi connectivity index (χ0) is 17.1. The summed E-state index contributed by atoms with van der Waals surface area (Å²) in [5, 5.41) is 8.70. The summed E-state index contributed by atoms with van der Waals surface area (Å²) in [4.78, 5) is 28.5. The Hall–Kier alpha value is -2.21. The van der Waals surface area contributed by atoms with Crippen molar-refractivity contribution in [2.45, 2.75) is 39.0 Å². The number of aromatic nitrogens is 1. The lowest BCUT2D eigenvalue weighted by Crippen LogP contribution is -2.31. The largest absolute Gasteiger partial charge is 0.337 e. The molecule has 1 aromatic heterocycles. The van der Waals surface area contributed by atoms with Crippen molar-refractivity contribution >= 4 is 28.8 Å². The van der Waals surface area contributed by atoms with E-state index in [0.29, 0.717) is 18.7 Å². The Bertz CT molecular complexity index is 769. The SMILES string of the molecule is Cc1csc([C@H](C)CNC(=O)Nc2ccc3c(c2)C(=O)CCC3)n1. The minimum Gasteiger partial charge on any atom is -0.337 e. The summed E-state index contributed by atoms with van der Waals surface area (Å²) in [6.45, 7) is 4.52. The fourth-order valence-corrected chi connectivity index (χ4v) is 3.67. The van der Waals surface area contributed by atoms with Gasteiger partial charge in [-0.25, -0.2) is 9.78 Å². The molecule has 3 rings (SSSR count). The molecule has 0 bridgehead atoms.